The highest BCUT2D eigenvalue weighted by Crippen LogP contribution is 2.24. The monoisotopic (exact) mass is 394 g/mol. The van der Waals surface area contributed by atoms with Crippen LogP contribution in [-0.2, 0) is 23.1 Å². The van der Waals surface area contributed by atoms with Gasteiger partial charge in [-0.05, 0) is 40.0 Å². The number of thiophene rings is 2. The molecule has 2 rings (SSSR count). The van der Waals surface area contributed by atoms with Gasteiger partial charge < -0.3 is 5.32 Å². The van der Waals surface area contributed by atoms with Gasteiger partial charge in [0.2, 0.25) is 10.0 Å². The maximum Gasteiger partial charge on any atom is 0.241 e. The summed E-state index contributed by atoms with van der Waals surface area (Å²) in [7, 11) is -3.44. The molecule has 0 aliphatic carbocycles. The van der Waals surface area contributed by atoms with Crippen LogP contribution in [0.1, 0.15) is 16.7 Å². The highest BCUT2D eigenvalue weighted by atomic mass is 79.9. The topological polar surface area (TPSA) is 58.2 Å². The SMILES string of the molecule is CCNCc1cc(S(=O)(=O)NCc2sccc2Br)cs1. The van der Waals surface area contributed by atoms with E-state index in [-0.39, 0.29) is 0 Å². The van der Waals surface area contributed by atoms with Crippen LogP contribution in [0, 0.1) is 0 Å². The van der Waals surface area contributed by atoms with Crippen molar-refractivity contribution in [3.63, 3.8) is 0 Å². The molecule has 20 heavy (non-hydrogen) atoms. The summed E-state index contributed by atoms with van der Waals surface area (Å²) in [6, 6.07) is 3.63. The highest BCUT2D eigenvalue weighted by molar-refractivity contribution is 9.10. The van der Waals surface area contributed by atoms with Gasteiger partial charge in [0.05, 0.1) is 4.90 Å². The van der Waals surface area contributed by atoms with Gasteiger partial charge in [-0.25, -0.2) is 13.1 Å². The number of nitrogens with one attached hydrogen (secondary N) is 2. The zero-order chi connectivity index (χ0) is 14.6. The first kappa shape index (κ1) is 16.1. The third-order valence-electron chi connectivity index (χ3n) is 2.60. The van der Waals surface area contributed by atoms with Crippen molar-refractivity contribution in [1.82, 2.24) is 10.0 Å². The summed E-state index contributed by atoms with van der Waals surface area (Å²) in [5.41, 5.74) is 0. The van der Waals surface area contributed by atoms with Gasteiger partial charge in [-0.15, -0.1) is 22.7 Å². The van der Waals surface area contributed by atoms with Crippen LogP contribution in [0.5, 0.6) is 0 Å². The van der Waals surface area contributed by atoms with E-state index in [1.54, 1.807) is 11.4 Å². The molecule has 0 amide bonds. The Labute approximate surface area is 135 Å². The molecule has 8 heteroatoms. The molecule has 2 aromatic heterocycles. The molecule has 0 unspecified atom stereocenters. The third-order valence-corrected chi connectivity index (χ3v) is 7.00. The summed E-state index contributed by atoms with van der Waals surface area (Å²) in [6.45, 7) is 3.89. The average molecular weight is 395 g/mol. The molecular formula is C12H15BrN2O2S3. The Morgan fingerprint density at radius 3 is 2.75 bits per heavy atom. The van der Waals surface area contributed by atoms with Gasteiger partial charge in [-0.2, -0.15) is 0 Å². The van der Waals surface area contributed by atoms with E-state index in [1.165, 1.54) is 22.7 Å². The first-order valence-corrected chi connectivity index (χ1v) is 10.1. The molecule has 0 atom stereocenters. The molecule has 0 aromatic carbocycles. The number of hydrogen-bond acceptors (Lipinski definition) is 5. The second kappa shape index (κ2) is 7.15. The third kappa shape index (κ3) is 4.12. The van der Waals surface area contributed by atoms with Crippen LogP contribution < -0.4 is 10.0 Å². The minimum atomic E-state index is -3.44. The second-order valence-corrected chi connectivity index (χ2v) is 8.66. The molecule has 110 valence electrons. The van der Waals surface area contributed by atoms with E-state index in [0.717, 1.165) is 20.8 Å². The number of halogens is 1. The van der Waals surface area contributed by atoms with E-state index in [9.17, 15) is 8.42 Å². The molecule has 0 fully saturated rings. The van der Waals surface area contributed by atoms with Gasteiger partial charge in [-0.1, -0.05) is 6.92 Å². The molecule has 0 spiro atoms. The number of hydrogen-bond donors (Lipinski definition) is 2. The van der Waals surface area contributed by atoms with Crippen LogP contribution in [0.3, 0.4) is 0 Å². The van der Waals surface area contributed by atoms with Crippen molar-refractivity contribution in [2.75, 3.05) is 6.54 Å². The largest absolute Gasteiger partial charge is 0.312 e. The van der Waals surface area contributed by atoms with Crippen LogP contribution in [0.25, 0.3) is 0 Å². The molecule has 0 aliphatic rings. The molecule has 4 nitrogen and oxygen atoms in total. The lowest BCUT2D eigenvalue weighted by atomic mass is 10.4. The molecular weight excluding hydrogens is 380 g/mol. The van der Waals surface area contributed by atoms with Crippen molar-refractivity contribution in [1.29, 1.82) is 0 Å². The summed E-state index contributed by atoms with van der Waals surface area (Å²) in [4.78, 5) is 2.32. The molecule has 2 heterocycles. The molecule has 0 aliphatic heterocycles. The Morgan fingerprint density at radius 2 is 2.10 bits per heavy atom. The molecule has 0 radical (unpaired) electrons. The van der Waals surface area contributed by atoms with Crippen molar-refractivity contribution in [2.45, 2.75) is 24.9 Å². The molecule has 2 aromatic rings. The second-order valence-electron chi connectivity index (χ2n) is 4.05. The molecule has 2 N–H and O–H groups in total. The molecule has 0 saturated carbocycles. The minimum Gasteiger partial charge on any atom is -0.312 e. The van der Waals surface area contributed by atoms with Crippen LogP contribution in [0.4, 0.5) is 0 Å². The van der Waals surface area contributed by atoms with Crippen LogP contribution in [0.2, 0.25) is 0 Å². The van der Waals surface area contributed by atoms with Gasteiger partial charge in [0, 0.05) is 32.7 Å². The molecule has 0 bridgehead atoms. The predicted octanol–water partition coefficient (Wildman–Crippen LogP) is 3.16. The smallest absolute Gasteiger partial charge is 0.241 e. The Bertz CT molecular complexity index is 664. The van der Waals surface area contributed by atoms with E-state index in [0.29, 0.717) is 18.0 Å². The summed E-state index contributed by atoms with van der Waals surface area (Å²) in [6.07, 6.45) is 0. The van der Waals surface area contributed by atoms with Gasteiger partial charge in [0.15, 0.2) is 0 Å². The Balaban J connectivity index is 2.03. The quantitative estimate of drug-likeness (QED) is 0.757. The zero-order valence-corrected chi connectivity index (χ0v) is 14.9. The Morgan fingerprint density at radius 1 is 1.30 bits per heavy atom. The van der Waals surface area contributed by atoms with Crippen molar-refractivity contribution in [2.24, 2.45) is 0 Å². The van der Waals surface area contributed by atoms with Crippen LogP contribution in [-0.4, -0.2) is 15.0 Å². The van der Waals surface area contributed by atoms with Gasteiger partial charge in [-0.3, -0.25) is 0 Å². The number of sulfonamides is 1. The normalized spacial score (nSPS) is 11.9. The van der Waals surface area contributed by atoms with Crippen molar-refractivity contribution >= 4 is 48.6 Å². The number of rotatable bonds is 7. The summed E-state index contributed by atoms with van der Waals surface area (Å²) in [5.74, 6) is 0. The summed E-state index contributed by atoms with van der Waals surface area (Å²) < 4.78 is 27.9. The lowest BCUT2D eigenvalue weighted by Crippen LogP contribution is -2.22. The Hall–Kier alpha value is -0.250. The van der Waals surface area contributed by atoms with Crippen molar-refractivity contribution in [3.8, 4) is 0 Å². The maximum absolute atomic E-state index is 12.2. The average Bonchev–Trinajstić information content (AvgIpc) is 3.03. The van der Waals surface area contributed by atoms with Crippen molar-refractivity contribution < 1.29 is 8.42 Å². The lowest BCUT2D eigenvalue weighted by Gasteiger charge is -2.04. The lowest BCUT2D eigenvalue weighted by molar-refractivity contribution is 0.582. The maximum atomic E-state index is 12.2. The first-order chi connectivity index (χ1) is 9.53. The van der Waals surface area contributed by atoms with Crippen LogP contribution >= 0.6 is 38.6 Å². The Kier molecular flexibility index (Phi) is 5.76. The fourth-order valence-corrected chi connectivity index (χ4v) is 5.30. The van der Waals surface area contributed by atoms with E-state index in [2.05, 4.69) is 26.0 Å². The van der Waals surface area contributed by atoms with E-state index < -0.39 is 10.0 Å². The fraction of sp³-hybridized carbons (Fsp3) is 0.333. The predicted molar refractivity (Wildman–Crippen MR) is 87.7 cm³/mol. The van der Waals surface area contributed by atoms with Gasteiger partial charge in [0.1, 0.15) is 0 Å². The fourth-order valence-electron chi connectivity index (χ4n) is 1.54. The summed E-state index contributed by atoms with van der Waals surface area (Å²) >= 11 is 6.37. The van der Waals surface area contributed by atoms with Gasteiger partial charge >= 0.3 is 0 Å². The first-order valence-electron chi connectivity index (χ1n) is 6.02. The van der Waals surface area contributed by atoms with E-state index in [1.807, 2.05) is 18.4 Å². The van der Waals surface area contributed by atoms with Gasteiger partial charge in [0.25, 0.3) is 0 Å². The van der Waals surface area contributed by atoms with E-state index in [4.69, 9.17) is 0 Å². The molecule has 0 saturated heterocycles. The standard InChI is InChI=1S/C12H15BrN2O2S3/c1-2-14-6-9-5-10(8-19-9)20(16,17)15-7-12-11(13)3-4-18-12/h3-5,8,14-15H,2,6-7H2,1H3. The zero-order valence-electron chi connectivity index (χ0n) is 10.8. The highest BCUT2D eigenvalue weighted by Gasteiger charge is 2.16. The van der Waals surface area contributed by atoms with Crippen LogP contribution in [0.15, 0.2) is 32.3 Å². The summed E-state index contributed by atoms with van der Waals surface area (Å²) in [5, 5.41) is 6.78. The van der Waals surface area contributed by atoms with Crippen molar-refractivity contribution in [3.05, 3.63) is 37.1 Å². The minimum absolute atomic E-state index is 0.305. The van der Waals surface area contributed by atoms with E-state index >= 15 is 0 Å².